The summed E-state index contributed by atoms with van der Waals surface area (Å²) in [4.78, 5) is 33.6. The Balaban J connectivity index is 4.14. The maximum Gasteiger partial charge on any atom is 0.472 e. The number of hydrogen-bond donors (Lipinski definition) is 3. The molecule has 0 aromatic rings. The Kier molecular flexibility index (Phi) is 40.9. The third-order valence-electron chi connectivity index (χ3n) is 10.3. The van der Waals surface area contributed by atoms with E-state index in [0.29, 0.717) is 13.0 Å². The van der Waals surface area contributed by atoms with E-state index in [1.807, 2.05) is 0 Å². The number of phosphoric acid groups is 1. The van der Waals surface area contributed by atoms with Crippen LogP contribution in [0.4, 0.5) is 0 Å². The van der Waals surface area contributed by atoms with Crippen molar-refractivity contribution in [3.05, 3.63) is 12.2 Å². The highest BCUT2D eigenvalue weighted by molar-refractivity contribution is 7.47. The smallest absolute Gasteiger partial charge is 0.472 e. The van der Waals surface area contributed by atoms with Crippen LogP contribution < -0.4 is 5.73 Å². The van der Waals surface area contributed by atoms with Crippen molar-refractivity contribution in [2.24, 2.45) is 5.73 Å². The van der Waals surface area contributed by atoms with Crippen molar-refractivity contribution < 1.29 is 42.7 Å². The molecule has 0 spiro atoms. The average Bonchev–Trinajstić information content (AvgIpc) is 3.18. The van der Waals surface area contributed by atoms with Crippen LogP contribution in [0.3, 0.4) is 0 Å². The zero-order chi connectivity index (χ0) is 41.2. The van der Waals surface area contributed by atoms with E-state index in [1.165, 1.54) is 161 Å². The molecule has 3 atom stereocenters. The number of carboxylic acids is 1. The molecule has 0 aromatic carbocycles. The van der Waals surface area contributed by atoms with Crippen LogP contribution in [0.1, 0.15) is 226 Å². The summed E-state index contributed by atoms with van der Waals surface area (Å²) >= 11 is 0. The number of phosphoric ester groups is 1. The summed E-state index contributed by atoms with van der Waals surface area (Å²) in [5.74, 6) is -1.77. The van der Waals surface area contributed by atoms with Crippen molar-refractivity contribution in [2.75, 3.05) is 26.4 Å². The molecule has 0 bridgehead atoms. The fourth-order valence-electron chi connectivity index (χ4n) is 6.66. The van der Waals surface area contributed by atoms with Crippen LogP contribution in [0, 0.1) is 0 Å². The highest BCUT2D eigenvalue weighted by Crippen LogP contribution is 2.43. The first-order chi connectivity index (χ1) is 27.2. The van der Waals surface area contributed by atoms with Crippen LogP contribution >= 0.6 is 7.82 Å². The standard InChI is InChI=1S/C45H88NO9P/c1-3-5-7-9-11-13-15-17-18-19-20-21-22-23-24-25-27-29-31-33-35-37-44(47)55-42(40-53-56(50,51)54-41-43(46)45(48)49)39-52-38-36-34-32-30-28-26-16-14-12-10-8-6-4-2/h19-20,42-43H,3-18,21-41,46H2,1-2H3,(H,48,49)(H,50,51)/b20-19-. The summed E-state index contributed by atoms with van der Waals surface area (Å²) in [6, 6.07) is -1.47. The molecule has 0 radical (unpaired) electrons. The molecular formula is C45H88NO9P. The van der Waals surface area contributed by atoms with Gasteiger partial charge in [-0.3, -0.25) is 18.6 Å². The minimum absolute atomic E-state index is 0.0221. The average molecular weight is 818 g/mol. The molecule has 0 aliphatic rings. The van der Waals surface area contributed by atoms with Gasteiger partial charge >= 0.3 is 19.8 Å². The fraction of sp³-hybridized carbons (Fsp3) is 0.911. The van der Waals surface area contributed by atoms with E-state index in [2.05, 4.69) is 26.0 Å². The number of aliphatic carboxylic acids is 1. The van der Waals surface area contributed by atoms with Gasteiger partial charge in [0.25, 0.3) is 0 Å². The highest BCUT2D eigenvalue weighted by atomic mass is 31.2. The molecule has 0 fully saturated rings. The molecule has 0 rings (SSSR count). The highest BCUT2D eigenvalue weighted by Gasteiger charge is 2.27. The molecule has 0 saturated heterocycles. The lowest BCUT2D eigenvalue weighted by molar-refractivity contribution is -0.154. The van der Waals surface area contributed by atoms with Gasteiger partial charge in [0.15, 0.2) is 0 Å². The van der Waals surface area contributed by atoms with Crippen molar-refractivity contribution in [1.82, 2.24) is 0 Å². The Bertz CT molecular complexity index is 951. The molecule has 10 nitrogen and oxygen atoms in total. The number of ether oxygens (including phenoxy) is 2. The Labute approximate surface area is 343 Å². The van der Waals surface area contributed by atoms with Crippen molar-refractivity contribution in [3.63, 3.8) is 0 Å². The molecule has 56 heavy (non-hydrogen) atoms. The molecule has 0 aliphatic heterocycles. The maximum atomic E-state index is 12.6. The number of carboxylic acid groups (broad SMARTS) is 1. The Morgan fingerprint density at radius 1 is 0.554 bits per heavy atom. The first-order valence-electron chi connectivity index (χ1n) is 23.2. The lowest BCUT2D eigenvalue weighted by Gasteiger charge is -2.20. The summed E-state index contributed by atoms with van der Waals surface area (Å²) in [5.41, 5.74) is 5.36. The largest absolute Gasteiger partial charge is 0.480 e. The maximum absolute atomic E-state index is 12.6. The van der Waals surface area contributed by atoms with E-state index in [-0.39, 0.29) is 13.0 Å². The van der Waals surface area contributed by atoms with Gasteiger partial charge in [-0.2, -0.15) is 0 Å². The SMILES string of the molecule is CCCCCCCCCC/C=C\CCCCCCCCCCCC(=O)OC(COCCCCCCCCCCCCCCC)COP(=O)(O)OCC(N)C(=O)O. The van der Waals surface area contributed by atoms with Crippen LogP contribution in [0.2, 0.25) is 0 Å². The number of rotatable bonds is 45. The van der Waals surface area contributed by atoms with Gasteiger partial charge in [-0.1, -0.05) is 193 Å². The molecular weight excluding hydrogens is 729 g/mol. The van der Waals surface area contributed by atoms with Crippen molar-refractivity contribution >= 4 is 19.8 Å². The van der Waals surface area contributed by atoms with Gasteiger partial charge in [0, 0.05) is 13.0 Å². The lowest BCUT2D eigenvalue weighted by atomic mass is 10.0. The molecule has 4 N–H and O–H groups in total. The number of nitrogens with two attached hydrogens (primary N) is 1. The van der Waals surface area contributed by atoms with Gasteiger partial charge in [-0.05, 0) is 38.5 Å². The van der Waals surface area contributed by atoms with E-state index < -0.39 is 45.1 Å². The quantitative estimate of drug-likeness (QED) is 0.0234. The zero-order valence-electron chi connectivity index (χ0n) is 36.2. The van der Waals surface area contributed by atoms with E-state index in [0.717, 1.165) is 38.5 Å². The topological polar surface area (TPSA) is 155 Å². The third kappa shape index (κ3) is 40.9. The number of carbonyl (C=O) groups excluding carboxylic acids is 1. The van der Waals surface area contributed by atoms with Gasteiger partial charge in [0.2, 0.25) is 0 Å². The summed E-state index contributed by atoms with van der Waals surface area (Å²) in [6.45, 7) is 3.92. The van der Waals surface area contributed by atoms with Crippen LogP contribution in [0.15, 0.2) is 12.2 Å². The normalized spacial score (nSPS) is 13.9. The molecule has 3 unspecified atom stereocenters. The van der Waals surface area contributed by atoms with E-state index in [4.69, 9.17) is 29.4 Å². The van der Waals surface area contributed by atoms with Gasteiger partial charge < -0.3 is 25.2 Å². The van der Waals surface area contributed by atoms with Crippen molar-refractivity contribution in [2.45, 2.75) is 238 Å². The number of hydrogen-bond acceptors (Lipinski definition) is 8. The van der Waals surface area contributed by atoms with Crippen LogP contribution in [-0.2, 0) is 32.7 Å². The number of carbonyl (C=O) groups is 2. The second kappa shape index (κ2) is 41.9. The Hall–Kier alpha value is -1.29. The Morgan fingerprint density at radius 3 is 1.36 bits per heavy atom. The Morgan fingerprint density at radius 2 is 0.929 bits per heavy atom. The second-order valence-electron chi connectivity index (χ2n) is 15.9. The molecule has 0 amide bonds. The second-order valence-corrected chi connectivity index (χ2v) is 17.3. The van der Waals surface area contributed by atoms with E-state index >= 15 is 0 Å². The van der Waals surface area contributed by atoms with Crippen molar-refractivity contribution in [1.29, 1.82) is 0 Å². The van der Waals surface area contributed by atoms with E-state index in [9.17, 15) is 19.0 Å². The molecule has 11 heteroatoms. The van der Waals surface area contributed by atoms with Crippen LogP contribution in [-0.4, -0.2) is 60.5 Å². The molecule has 332 valence electrons. The summed E-state index contributed by atoms with van der Waals surface area (Å²) in [5, 5.41) is 8.90. The predicted octanol–water partition coefficient (Wildman–Crippen LogP) is 12.9. The van der Waals surface area contributed by atoms with Crippen LogP contribution in [0.5, 0.6) is 0 Å². The predicted molar refractivity (Wildman–Crippen MR) is 231 cm³/mol. The third-order valence-corrected chi connectivity index (χ3v) is 11.2. The van der Waals surface area contributed by atoms with Gasteiger partial charge in [0.05, 0.1) is 19.8 Å². The van der Waals surface area contributed by atoms with E-state index in [1.54, 1.807) is 0 Å². The first kappa shape index (κ1) is 54.7. The summed E-state index contributed by atoms with van der Waals surface area (Å²) in [6.07, 6.45) is 44.0. The van der Waals surface area contributed by atoms with Crippen LogP contribution in [0.25, 0.3) is 0 Å². The minimum Gasteiger partial charge on any atom is -0.480 e. The van der Waals surface area contributed by atoms with Gasteiger partial charge in [-0.15, -0.1) is 0 Å². The minimum atomic E-state index is -4.61. The molecule has 0 aromatic heterocycles. The monoisotopic (exact) mass is 818 g/mol. The fourth-order valence-corrected chi connectivity index (χ4v) is 7.44. The summed E-state index contributed by atoms with van der Waals surface area (Å²) < 4.78 is 33.4. The zero-order valence-corrected chi connectivity index (χ0v) is 37.1. The number of esters is 1. The lowest BCUT2D eigenvalue weighted by Crippen LogP contribution is -2.34. The summed E-state index contributed by atoms with van der Waals surface area (Å²) in [7, 11) is -4.61. The van der Waals surface area contributed by atoms with Gasteiger partial charge in [0.1, 0.15) is 12.1 Å². The number of allylic oxidation sites excluding steroid dienone is 2. The molecule has 0 heterocycles. The molecule has 0 saturated carbocycles. The first-order valence-corrected chi connectivity index (χ1v) is 24.7. The molecule has 0 aliphatic carbocycles. The number of unbranched alkanes of at least 4 members (excludes halogenated alkanes) is 29. The van der Waals surface area contributed by atoms with Crippen molar-refractivity contribution in [3.8, 4) is 0 Å². The van der Waals surface area contributed by atoms with Gasteiger partial charge in [-0.25, -0.2) is 4.57 Å².